The minimum absolute atomic E-state index is 0.0845. The summed E-state index contributed by atoms with van der Waals surface area (Å²) in [7, 11) is 0. The van der Waals surface area contributed by atoms with Crippen LogP contribution < -0.4 is 5.56 Å². The zero-order valence-corrected chi connectivity index (χ0v) is 22.7. The summed E-state index contributed by atoms with van der Waals surface area (Å²) in [6, 6.07) is 5.54. The number of rotatable bonds is 7. The Morgan fingerprint density at radius 1 is 1.28 bits per heavy atom. The summed E-state index contributed by atoms with van der Waals surface area (Å²) in [6.45, 7) is 11.8. The van der Waals surface area contributed by atoms with Gasteiger partial charge in [-0.3, -0.25) is 4.79 Å². The van der Waals surface area contributed by atoms with Crippen molar-refractivity contribution in [1.82, 2.24) is 19.2 Å². The first kappa shape index (κ1) is 26.5. The molecule has 1 aromatic carbocycles. The van der Waals surface area contributed by atoms with Gasteiger partial charge in [0.1, 0.15) is 17.3 Å². The van der Waals surface area contributed by atoms with E-state index in [1.165, 1.54) is 0 Å². The van der Waals surface area contributed by atoms with Crippen molar-refractivity contribution >= 4 is 39.5 Å². The van der Waals surface area contributed by atoms with Crippen LogP contribution in [0.3, 0.4) is 0 Å². The van der Waals surface area contributed by atoms with Gasteiger partial charge < -0.3 is 18.9 Å². The number of amides is 1. The van der Waals surface area contributed by atoms with Gasteiger partial charge in [0.05, 0.1) is 16.6 Å². The predicted octanol–water partition coefficient (Wildman–Crippen LogP) is 6.05. The van der Waals surface area contributed by atoms with Crippen LogP contribution in [0.4, 0.5) is 4.79 Å². The van der Waals surface area contributed by atoms with Crippen LogP contribution in [-0.4, -0.2) is 50.6 Å². The minimum Gasteiger partial charge on any atom is -0.444 e. The van der Waals surface area contributed by atoms with Crippen molar-refractivity contribution in [1.29, 1.82) is 0 Å². The second-order valence-corrected chi connectivity index (χ2v) is 11.0. The number of ether oxygens (including phenoxy) is 2. The van der Waals surface area contributed by atoms with Crippen LogP contribution in [0, 0.1) is 6.92 Å². The Balaban J connectivity index is 1.69. The maximum Gasteiger partial charge on any atom is 0.410 e. The molecule has 1 fully saturated rings. The fraction of sp³-hybridized carbons (Fsp3) is 0.593. The van der Waals surface area contributed by atoms with Crippen LogP contribution in [0.2, 0.25) is 5.02 Å². The van der Waals surface area contributed by atoms with Crippen molar-refractivity contribution in [3.05, 3.63) is 39.3 Å². The standard InChI is InChI=1S/C27H37ClN4O4/c1-6-13-30(26(34)36-27(3,4)5)14-9-15-31-21-12-11-19(28)17-20(21)24-23(25(31)33)18(2)32(29-24)22-10-7-8-16-35-22/h11-12,17,22H,6-10,13-16H2,1-5H3. The quantitative estimate of drug-likeness (QED) is 0.382. The van der Waals surface area contributed by atoms with Crippen LogP contribution in [-0.2, 0) is 16.0 Å². The van der Waals surface area contributed by atoms with E-state index in [0.717, 1.165) is 42.3 Å². The van der Waals surface area contributed by atoms with Crippen molar-refractivity contribution in [2.75, 3.05) is 19.7 Å². The van der Waals surface area contributed by atoms with Gasteiger partial charge in [-0.15, -0.1) is 0 Å². The van der Waals surface area contributed by atoms with Gasteiger partial charge in [0.25, 0.3) is 5.56 Å². The molecule has 0 N–H and O–H groups in total. The molecular formula is C27H37ClN4O4. The highest BCUT2D eigenvalue weighted by Crippen LogP contribution is 2.31. The summed E-state index contributed by atoms with van der Waals surface area (Å²) < 4.78 is 15.2. The van der Waals surface area contributed by atoms with Crippen LogP contribution in [0.15, 0.2) is 23.0 Å². The van der Waals surface area contributed by atoms with E-state index in [0.29, 0.717) is 48.6 Å². The van der Waals surface area contributed by atoms with Gasteiger partial charge in [0.2, 0.25) is 0 Å². The summed E-state index contributed by atoms with van der Waals surface area (Å²) in [5, 5.41) is 6.87. The van der Waals surface area contributed by atoms with Crippen molar-refractivity contribution in [3.8, 4) is 0 Å². The average molecular weight is 517 g/mol. The van der Waals surface area contributed by atoms with Gasteiger partial charge in [-0.25, -0.2) is 9.48 Å². The molecule has 1 saturated heterocycles. The lowest BCUT2D eigenvalue weighted by Crippen LogP contribution is -2.38. The van der Waals surface area contributed by atoms with Crippen LogP contribution in [0.25, 0.3) is 21.8 Å². The van der Waals surface area contributed by atoms with E-state index in [9.17, 15) is 9.59 Å². The average Bonchev–Trinajstić information content (AvgIpc) is 3.17. The van der Waals surface area contributed by atoms with Crippen LogP contribution in [0.5, 0.6) is 0 Å². The highest BCUT2D eigenvalue weighted by molar-refractivity contribution is 6.31. The predicted molar refractivity (Wildman–Crippen MR) is 143 cm³/mol. The highest BCUT2D eigenvalue weighted by Gasteiger charge is 2.25. The van der Waals surface area contributed by atoms with E-state index in [-0.39, 0.29) is 17.9 Å². The van der Waals surface area contributed by atoms with E-state index in [1.807, 2.05) is 51.4 Å². The number of benzene rings is 1. The molecule has 36 heavy (non-hydrogen) atoms. The largest absolute Gasteiger partial charge is 0.444 e. The summed E-state index contributed by atoms with van der Waals surface area (Å²) in [5.41, 5.74) is 1.60. The third-order valence-corrected chi connectivity index (χ3v) is 6.73. The number of carbonyl (C=O) groups is 1. The lowest BCUT2D eigenvalue weighted by Gasteiger charge is -2.27. The molecule has 0 aliphatic carbocycles. The smallest absolute Gasteiger partial charge is 0.410 e. The number of carbonyl (C=O) groups excluding carboxylic acids is 1. The van der Waals surface area contributed by atoms with Gasteiger partial charge in [0.15, 0.2) is 0 Å². The Morgan fingerprint density at radius 3 is 2.72 bits per heavy atom. The van der Waals surface area contributed by atoms with E-state index in [2.05, 4.69) is 0 Å². The minimum atomic E-state index is -0.555. The van der Waals surface area contributed by atoms with Gasteiger partial charge in [0, 0.05) is 36.7 Å². The zero-order valence-electron chi connectivity index (χ0n) is 22.0. The fourth-order valence-corrected chi connectivity index (χ4v) is 5.04. The molecule has 1 unspecified atom stereocenters. The second-order valence-electron chi connectivity index (χ2n) is 10.5. The van der Waals surface area contributed by atoms with Crippen LogP contribution >= 0.6 is 11.6 Å². The van der Waals surface area contributed by atoms with Crippen molar-refractivity contribution in [2.24, 2.45) is 0 Å². The Bertz CT molecular complexity index is 1300. The van der Waals surface area contributed by atoms with Gasteiger partial charge in [-0.2, -0.15) is 5.10 Å². The Labute approximate surface area is 217 Å². The lowest BCUT2D eigenvalue weighted by atomic mass is 10.1. The molecule has 0 bridgehead atoms. The Kier molecular flexibility index (Phi) is 7.95. The number of hydrogen-bond acceptors (Lipinski definition) is 5. The number of fused-ring (bicyclic) bond motifs is 3. The molecule has 0 saturated carbocycles. The zero-order chi connectivity index (χ0) is 26.0. The summed E-state index contributed by atoms with van der Waals surface area (Å²) >= 11 is 6.37. The van der Waals surface area contributed by atoms with Gasteiger partial charge in [-0.05, 0) is 78.0 Å². The molecule has 2 aromatic heterocycles. The number of aryl methyl sites for hydroxylation is 2. The molecule has 9 heteroatoms. The highest BCUT2D eigenvalue weighted by atomic mass is 35.5. The van der Waals surface area contributed by atoms with Crippen LogP contribution in [0.1, 0.15) is 71.7 Å². The molecule has 196 valence electrons. The molecule has 1 aliphatic heterocycles. The normalized spacial score (nSPS) is 16.6. The van der Waals surface area contributed by atoms with Crippen molar-refractivity contribution in [3.63, 3.8) is 0 Å². The molecule has 3 heterocycles. The SMILES string of the molecule is CCCN(CCCn1c(=O)c2c(C)n(C3CCCCO3)nc2c2cc(Cl)ccc21)C(=O)OC(C)(C)C. The van der Waals surface area contributed by atoms with E-state index in [1.54, 1.807) is 15.5 Å². The van der Waals surface area contributed by atoms with Gasteiger partial charge >= 0.3 is 6.09 Å². The monoisotopic (exact) mass is 516 g/mol. The second kappa shape index (κ2) is 10.8. The van der Waals surface area contributed by atoms with Gasteiger partial charge in [-0.1, -0.05) is 18.5 Å². The molecule has 1 aliphatic rings. The molecule has 8 nitrogen and oxygen atoms in total. The molecule has 0 spiro atoms. The fourth-order valence-electron chi connectivity index (χ4n) is 4.87. The van der Waals surface area contributed by atoms with E-state index < -0.39 is 5.60 Å². The summed E-state index contributed by atoms with van der Waals surface area (Å²) in [5.74, 6) is 0. The number of pyridine rings is 1. The Morgan fingerprint density at radius 2 is 2.06 bits per heavy atom. The maximum atomic E-state index is 13.8. The molecular weight excluding hydrogens is 480 g/mol. The summed E-state index contributed by atoms with van der Waals surface area (Å²) in [6.07, 6.45) is 3.94. The summed E-state index contributed by atoms with van der Waals surface area (Å²) in [4.78, 5) is 28.2. The topological polar surface area (TPSA) is 78.6 Å². The number of hydrogen-bond donors (Lipinski definition) is 0. The molecule has 0 radical (unpaired) electrons. The molecule has 1 amide bonds. The Hall–Kier alpha value is -2.58. The maximum absolute atomic E-state index is 13.8. The molecule has 1 atom stereocenters. The van der Waals surface area contributed by atoms with E-state index >= 15 is 0 Å². The lowest BCUT2D eigenvalue weighted by molar-refractivity contribution is -0.0402. The molecule has 3 aromatic rings. The van der Waals surface area contributed by atoms with Crippen molar-refractivity contribution < 1.29 is 14.3 Å². The first-order valence-corrected chi connectivity index (χ1v) is 13.3. The number of aromatic nitrogens is 3. The third kappa shape index (κ3) is 5.54. The first-order valence-electron chi connectivity index (χ1n) is 12.9. The molecule has 4 rings (SSSR count). The van der Waals surface area contributed by atoms with Crippen molar-refractivity contribution in [2.45, 2.75) is 85.1 Å². The first-order chi connectivity index (χ1) is 17.1. The van der Waals surface area contributed by atoms with E-state index in [4.69, 9.17) is 26.2 Å². The number of halogens is 1. The third-order valence-electron chi connectivity index (χ3n) is 6.50. The number of nitrogens with zero attached hydrogens (tertiary/aromatic N) is 4.